The number of fused-ring (bicyclic) bond motifs is 3. The standard InChI is InChI=1S/C28H35N3O7/c1-17(2)26-19(4)9-10-24(34)29-11-5-7-18(3)13-20(32)14-21(33)15-25-30-22(16-37-25)27(35)31-12-6-8-23(31)28(36)38-26/h5,7-10,13,16-17,19-20,26,32H,6,11-12,14-15H2,1-4H3,(H,29,34)/t19-,20-,26-/m0/s1. The van der Waals surface area contributed by atoms with Gasteiger partial charge in [0.05, 0.1) is 12.5 Å². The van der Waals surface area contributed by atoms with Crippen LogP contribution in [0.4, 0.5) is 0 Å². The Bertz CT molecular complexity index is 1170. The van der Waals surface area contributed by atoms with E-state index >= 15 is 0 Å². The summed E-state index contributed by atoms with van der Waals surface area (Å²) in [5, 5.41) is 13.0. The molecule has 0 saturated carbocycles. The Hall–Kier alpha value is -3.79. The Morgan fingerprint density at radius 3 is 2.68 bits per heavy atom. The third kappa shape index (κ3) is 7.85. The summed E-state index contributed by atoms with van der Waals surface area (Å²) < 4.78 is 11.1. The summed E-state index contributed by atoms with van der Waals surface area (Å²) in [4.78, 5) is 56.3. The van der Waals surface area contributed by atoms with E-state index in [1.807, 2.05) is 20.8 Å². The van der Waals surface area contributed by atoms with E-state index in [9.17, 15) is 24.3 Å². The Labute approximate surface area is 222 Å². The number of oxazole rings is 1. The Balaban J connectivity index is 1.86. The van der Waals surface area contributed by atoms with Crippen LogP contribution in [0.1, 0.15) is 56.9 Å². The van der Waals surface area contributed by atoms with E-state index in [2.05, 4.69) is 10.3 Å². The van der Waals surface area contributed by atoms with Crippen molar-refractivity contribution >= 4 is 23.6 Å². The van der Waals surface area contributed by atoms with Gasteiger partial charge >= 0.3 is 5.97 Å². The van der Waals surface area contributed by atoms with Gasteiger partial charge in [0.15, 0.2) is 5.69 Å². The zero-order valence-electron chi connectivity index (χ0n) is 22.2. The Morgan fingerprint density at radius 1 is 1.18 bits per heavy atom. The van der Waals surface area contributed by atoms with Crippen molar-refractivity contribution in [3.63, 3.8) is 0 Å². The summed E-state index contributed by atoms with van der Waals surface area (Å²) in [6.45, 7) is 8.00. The maximum Gasteiger partial charge on any atom is 0.355 e. The number of aromatic nitrogens is 1. The molecule has 0 aromatic carbocycles. The molecule has 0 saturated heterocycles. The van der Waals surface area contributed by atoms with Gasteiger partial charge in [-0.15, -0.1) is 0 Å². The molecule has 2 aliphatic rings. The van der Waals surface area contributed by atoms with Crippen LogP contribution in [0.5, 0.6) is 0 Å². The first kappa shape index (κ1) is 28.8. The zero-order valence-corrected chi connectivity index (χ0v) is 22.2. The van der Waals surface area contributed by atoms with Crippen molar-refractivity contribution in [1.82, 2.24) is 15.2 Å². The third-order valence-corrected chi connectivity index (χ3v) is 6.19. The number of hydrogen-bond acceptors (Lipinski definition) is 8. The summed E-state index contributed by atoms with van der Waals surface area (Å²) in [7, 11) is 0. The van der Waals surface area contributed by atoms with Crippen LogP contribution >= 0.6 is 0 Å². The molecule has 204 valence electrons. The van der Waals surface area contributed by atoms with Gasteiger partial charge in [0.25, 0.3) is 5.91 Å². The highest BCUT2D eigenvalue weighted by Crippen LogP contribution is 2.24. The van der Waals surface area contributed by atoms with Gasteiger partial charge in [-0.2, -0.15) is 0 Å². The molecule has 3 rings (SSSR count). The highest BCUT2D eigenvalue weighted by molar-refractivity contribution is 6.00. The van der Waals surface area contributed by atoms with Crippen LogP contribution in [-0.4, -0.2) is 63.9 Å². The lowest BCUT2D eigenvalue weighted by atomic mass is 9.94. The maximum absolute atomic E-state index is 13.1. The molecule has 0 fully saturated rings. The molecular formula is C28H35N3O7. The van der Waals surface area contributed by atoms with Crippen molar-refractivity contribution in [3.05, 3.63) is 65.6 Å². The lowest BCUT2D eigenvalue weighted by molar-refractivity contribution is -0.149. The number of carbonyl (C=O) groups is 4. The van der Waals surface area contributed by atoms with Crippen LogP contribution in [0.2, 0.25) is 0 Å². The molecule has 2 amide bonds. The SMILES string of the molecule is CC1=C[C@H](O)CC(=O)Cc2nc(co2)C(=O)N2CCC=C2C(=O)O[C@@H](C(C)C)[C@@H](C)C=CC(=O)NCC=C1. The van der Waals surface area contributed by atoms with E-state index in [1.54, 1.807) is 37.3 Å². The summed E-state index contributed by atoms with van der Waals surface area (Å²) in [6, 6.07) is 0. The molecule has 0 spiro atoms. The number of ketones is 1. The molecule has 0 aliphatic carbocycles. The topological polar surface area (TPSA) is 139 Å². The molecule has 2 bridgehead atoms. The van der Waals surface area contributed by atoms with Crippen molar-refractivity contribution in [2.75, 3.05) is 13.1 Å². The number of hydrogen-bond donors (Lipinski definition) is 2. The summed E-state index contributed by atoms with van der Waals surface area (Å²) in [5.41, 5.74) is 0.809. The van der Waals surface area contributed by atoms with Crippen LogP contribution in [0.25, 0.3) is 0 Å². The van der Waals surface area contributed by atoms with E-state index in [0.29, 0.717) is 6.42 Å². The first-order valence-corrected chi connectivity index (χ1v) is 12.7. The molecule has 0 unspecified atom stereocenters. The predicted octanol–water partition coefficient (Wildman–Crippen LogP) is 2.66. The summed E-state index contributed by atoms with van der Waals surface area (Å²) in [5.74, 6) is -2.07. The Morgan fingerprint density at radius 2 is 1.95 bits per heavy atom. The van der Waals surface area contributed by atoms with Gasteiger partial charge in [-0.1, -0.05) is 56.7 Å². The molecular weight excluding hydrogens is 490 g/mol. The zero-order chi connectivity index (χ0) is 27.8. The fraction of sp³-hybridized carbons (Fsp3) is 0.464. The van der Waals surface area contributed by atoms with Gasteiger partial charge in [-0.25, -0.2) is 9.78 Å². The number of rotatable bonds is 1. The number of esters is 1. The average molecular weight is 526 g/mol. The second-order valence-electron chi connectivity index (χ2n) is 9.84. The third-order valence-electron chi connectivity index (χ3n) is 6.19. The fourth-order valence-electron chi connectivity index (χ4n) is 4.33. The average Bonchev–Trinajstić information content (AvgIpc) is 3.52. The van der Waals surface area contributed by atoms with E-state index < -0.39 is 24.1 Å². The minimum absolute atomic E-state index is 0.0315. The van der Waals surface area contributed by atoms with E-state index in [4.69, 9.17) is 9.15 Å². The number of aliphatic hydroxyl groups excluding tert-OH is 1. The minimum atomic E-state index is -1.01. The maximum atomic E-state index is 13.1. The second kappa shape index (κ2) is 13.1. The van der Waals surface area contributed by atoms with Crippen molar-refractivity contribution in [2.45, 2.75) is 59.2 Å². The van der Waals surface area contributed by atoms with Crippen LogP contribution in [0.3, 0.4) is 0 Å². The lowest BCUT2D eigenvalue weighted by Gasteiger charge is -2.27. The van der Waals surface area contributed by atoms with Gasteiger partial charge in [-0.05, 0) is 25.3 Å². The molecule has 10 heteroatoms. The van der Waals surface area contributed by atoms with Gasteiger partial charge in [0, 0.05) is 25.4 Å². The number of cyclic esters (lactones) is 1. The highest BCUT2D eigenvalue weighted by atomic mass is 16.5. The minimum Gasteiger partial charge on any atom is -0.457 e. The molecule has 3 atom stereocenters. The monoisotopic (exact) mass is 525 g/mol. The van der Waals surface area contributed by atoms with Gasteiger partial charge in [0.2, 0.25) is 11.8 Å². The number of amides is 2. The van der Waals surface area contributed by atoms with Crippen molar-refractivity contribution in [2.24, 2.45) is 11.8 Å². The predicted molar refractivity (Wildman–Crippen MR) is 139 cm³/mol. The molecule has 2 N–H and O–H groups in total. The van der Waals surface area contributed by atoms with Crippen molar-refractivity contribution < 1.29 is 33.4 Å². The van der Waals surface area contributed by atoms with Crippen LogP contribution in [0.15, 0.2) is 58.4 Å². The molecule has 1 aromatic heterocycles. The molecule has 3 heterocycles. The Kier molecular flexibility index (Phi) is 9.95. The smallest absolute Gasteiger partial charge is 0.355 e. The normalized spacial score (nSPS) is 24.6. The molecule has 1 aromatic rings. The number of nitrogens with one attached hydrogen (secondary N) is 1. The number of Topliss-reactive ketones (excluding diaryl/α,β-unsaturated/α-hetero) is 1. The fourth-order valence-corrected chi connectivity index (χ4v) is 4.33. The van der Waals surface area contributed by atoms with Crippen molar-refractivity contribution in [3.8, 4) is 0 Å². The quantitative estimate of drug-likeness (QED) is 0.534. The van der Waals surface area contributed by atoms with Gasteiger partial charge in [0.1, 0.15) is 23.8 Å². The lowest BCUT2D eigenvalue weighted by Crippen LogP contribution is -2.36. The number of allylic oxidation sites excluding steroid dienone is 2. The van der Waals surface area contributed by atoms with Gasteiger partial charge < -0.3 is 24.5 Å². The summed E-state index contributed by atoms with van der Waals surface area (Å²) in [6.07, 6.45) is 9.48. The molecule has 2 aliphatic heterocycles. The van der Waals surface area contributed by atoms with Crippen LogP contribution < -0.4 is 5.32 Å². The first-order valence-electron chi connectivity index (χ1n) is 12.7. The van der Waals surface area contributed by atoms with E-state index in [-0.39, 0.29) is 66.7 Å². The summed E-state index contributed by atoms with van der Waals surface area (Å²) >= 11 is 0. The number of aliphatic hydroxyl groups is 1. The molecule has 10 nitrogen and oxygen atoms in total. The van der Waals surface area contributed by atoms with Crippen molar-refractivity contribution in [1.29, 1.82) is 0 Å². The van der Waals surface area contributed by atoms with Crippen LogP contribution in [-0.2, 0) is 25.5 Å². The van der Waals surface area contributed by atoms with Gasteiger partial charge in [-0.3, -0.25) is 14.4 Å². The van der Waals surface area contributed by atoms with E-state index in [1.165, 1.54) is 11.0 Å². The number of nitrogens with zero attached hydrogens (tertiary/aromatic N) is 2. The van der Waals surface area contributed by atoms with E-state index in [0.717, 1.165) is 11.8 Å². The largest absolute Gasteiger partial charge is 0.457 e. The highest BCUT2D eigenvalue weighted by Gasteiger charge is 2.33. The molecule has 0 radical (unpaired) electrons. The van der Waals surface area contributed by atoms with Crippen LogP contribution in [0, 0.1) is 11.8 Å². The second-order valence-corrected chi connectivity index (χ2v) is 9.84. The first-order chi connectivity index (χ1) is 18.0. The molecule has 38 heavy (non-hydrogen) atoms. The number of carbonyl (C=O) groups excluding carboxylic acids is 4. The number of ether oxygens (including phenoxy) is 1.